The molecule has 0 saturated heterocycles. The number of ketones is 1. The van der Waals surface area contributed by atoms with Crippen LogP contribution in [0.1, 0.15) is 127 Å². The van der Waals surface area contributed by atoms with Gasteiger partial charge in [0.2, 0.25) is 0 Å². The number of fused-ring (bicyclic) bond motifs is 5. The van der Waals surface area contributed by atoms with E-state index in [4.69, 9.17) is 34.2 Å². The van der Waals surface area contributed by atoms with Crippen molar-refractivity contribution in [3.8, 4) is 28.7 Å². The number of rotatable bonds is 26. The van der Waals surface area contributed by atoms with Crippen molar-refractivity contribution in [2.45, 2.75) is 145 Å². The van der Waals surface area contributed by atoms with Gasteiger partial charge >= 0.3 is 17.9 Å². The highest BCUT2D eigenvalue weighted by atomic mass is 79.9. The summed E-state index contributed by atoms with van der Waals surface area (Å²) < 4.78 is 41.8. The number of amides is 1. The summed E-state index contributed by atoms with van der Waals surface area (Å²) in [5.74, 6) is -0.124. The number of aromatic amines is 1. The van der Waals surface area contributed by atoms with Gasteiger partial charge in [0.05, 0.1) is 52.8 Å². The number of nitrogens with two attached hydrogens (primary N) is 1. The number of alkyl halides is 1. The van der Waals surface area contributed by atoms with E-state index in [-0.39, 0.29) is 41.3 Å². The van der Waals surface area contributed by atoms with Crippen LogP contribution in [0.15, 0.2) is 267 Å². The third kappa shape index (κ3) is 24.3. The van der Waals surface area contributed by atoms with Crippen LogP contribution in [0.25, 0.3) is 54.5 Å². The molecule has 15 aromatic rings. The molecule has 0 aliphatic heterocycles. The van der Waals surface area contributed by atoms with Crippen molar-refractivity contribution in [2.24, 2.45) is 5.73 Å². The van der Waals surface area contributed by atoms with Crippen LogP contribution in [-0.4, -0.2) is 99.9 Å². The molecule has 10 aromatic carbocycles. The van der Waals surface area contributed by atoms with E-state index in [2.05, 4.69) is 171 Å². The Hall–Kier alpha value is -12.8. The predicted molar refractivity (Wildman–Crippen MR) is 489 cm³/mol. The van der Waals surface area contributed by atoms with Crippen LogP contribution in [0, 0.1) is 34.6 Å². The lowest BCUT2D eigenvalue weighted by atomic mass is 10.1. The van der Waals surface area contributed by atoms with Crippen molar-refractivity contribution in [2.75, 3.05) is 19.8 Å². The average Bonchev–Trinajstić information content (AvgIpc) is 1.60. The quantitative estimate of drug-likeness (QED) is 0.0130. The highest BCUT2D eigenvalue weighted by molar-refractivity contribution is 9.10. The van der Waals surface area contributed by atoms with Crippen LogP contribution in [0.2, 0.25) is 0 Å². The van der Waals surface area contributed by atoms with Gasteiger partial charge in [-0.1, -0.05) is 219 Å². The standard InChI is InChI=1S/C24H26N2O5.C23H21NO.C22H25NO3.C16H15NO.C9H9NO.C6H11BrO2.ClH/c1-4-18(24(29)30-5-2)31-19-13-9-12-17-21(19)20(22(27)23(25)28)15(3)26(17)14-16-10-7-6-8-11-16;1-18-15-21-22(24(18)16-19-9-4-2-5-10-19)13-8-14-23(21)25-17-20-11-6-3-7-12-20;1-4-20(22(24)25-5-2)26-21-13-9-12-19-18(21)14-16(3)23(19)15-17-10-7-6-8-11-17;1-12-10-14-15(8-5-9-16(14)18)17(12)11-13-6-3-2-4-7-13;1-6-5-7-8(10-6)3-2-4-9(7)11;1-3-5(7)6(8)9-4-2;/h6-13,18H,4-5,14H2,1-3H3,(H2,25,28);2-15H,16-17H2,1H3;6-14,20H,4-5,15H2,1-3H3;2-10,18H,11H2,1H3;2-5,10-11H,1H3;5H,3-4H2,1-2H3;1H. The van der Waals surface area contributed by atoms with Gasteiger partial charge in [-0.3, -0.25) is 14.4 Å². The lowest BCUT2D eigenvalue weighted by molar-refractivity contribution is -0.152. The first-order valence-corrected chi connectivity index (χ1v) is 41.5. The number of phenolic OH excluding ortho intramolecular Hbond substituents is 2. The largest absolute Gasteiger partial charge is 0.507 e. The van der Waals surface area contributed by atoms with Gasteiger partial charge in [-0.15, -0.1) is 12.4 Å². The molecule has 3 unspecified atom stereocenters. The molecular weight excluding hydrogens is 1610 g/mol. The summed E-state index contributed by atoms with van der Waals surface area (Å²) in [7, 11) is 0. The van der Waals surface area contributed by atoms with E-state index in [1.54, 1.807) is 52.0 Å². The Morgan fingerprint density at radius 1 is 0.397 bits per heavy atom. The Morgan fingerprint density at radius 3 is 1.19 bits per heavy atom. The van der Waals surface area contributed by atoms with Crippen LogP contribution < -0.4 is 19.9 Å². The van der Waals surface area contributed by atoms with Crippen LogP contribution in [0.4, 0.5) is 0 Å². The minimum atomic E-state index is -1.05. The van der Waals surface area contributed by atoms with E-state index >= 15 is 0 Å². The van der Waals surface area contributed by atoms with Gasteiger partial charge in [0, 0.05) is 81.7 Å². The van der Waals surface area contributed by atoms with Crippen molar-refractivity contribution in [1.29, 1.82) is 0 Å². The fraction of sp³-hybridized carbons (Fsp3) is 0.250. The molecule has 3 atom stereocenters. The highest BCUT2D eigenvalue weighted by Gasteiger charge is 2.29. The number of Topliss-reactive ketones (excluding diaryl/α,β-unsaturated/α-hetero) is 1. The molecule has 0 radical (unpaired) electrons. The number of ether oxygens (including phenoxy) is 6. The molecule has 0 aliphatic carbocycles. The molecule has 0 fully saturated rings. The van der Waals surface area contributed by atoms with Crippen molar-refractivity contribution in [3.63, 3.8) is 0 Å². The number of phenols is 2. The number of hydrogen-bond acceptors (Lipinski definition) is 13. The molecule has 21 heteroatoms. The van der Waals surface area contributed by atoms with Crippen molar-refractivity contribution < 1.29 is 62.6 Å². The summed E-state index contributed by atoms with van der Waals surface area (Å²) in [5, 5.41) is 23.7. The molecule has 121 heavy (non-hydrogen) atoms. The number of primary amides is 1. The molecule has 0 spiro atoms. The highest BCUT2D eigenvalue weighted by Crippen LogP contribution is 2.38. The maximum atomic E-state index is 12.8. The first kappa shape index (κ1) is 92.1. The molecule has 15 rings (SSSR count). The first-order chi connectivity index (χ1) is 58.1. The van der Waals surface area contributed by atoms with Gasteiger partial charge < -0.3 is 67.6 Å². The normalized spacial score (nSPS) is 11.4. The van der Waals surface area contributed by atoms with Gasteiger partial charge in [-0.25, -0.2) is 9.59 Å². The van der Waals surface area contributed by atoms with Crippen LogP contribution >= 0.6 is 28.3 Å². The van der Waals surface area contributed by atoms with Crippen LogP contribution in [0.5, 0.6) is 28.7 Å². The van der Waals surface area contributed by atoms with E-state index in [0.717, 1.165) is 92.9 Å². The third-order valence-electron chi connectivity index (χ3n) is 20.1. The summed E-state index contributed by atoms with van der Waals surface area (Å²) in [6, 6.07) is 88.4. The number of nitrogens with one attached hydrogen (secondary N) is 1. The zero-order chi connectivity index (χ0) is 85.8. The van der Waals surface area contributed by atoms with Crippen LogP contribution in [0.3, 0.4) is 0 Å². The smallest absolute Gasteiger partial charge is 0.347 e. The lowest BCUT2D eigenvalue weighted by Gasteiger charge is -2.17. The number of nitrogens with zero attached hydrogens (tertiary/aromatic N) is 4. The van der Waals surface area contributed by atoms with Crippen molar-refractivity contribution >= 4 is 112 Å². The van der Waals surface area contributed by atoms with E-state index < -0.39 is 29.9 Å². The summed E-state index contributed by atoms with van der Waals surface area (Å²) in [5.41, 5.74) is 21.9. The topological polar surface area (TPSA) is 243 Å². The summed E-state index contributed by atoms with van der Waals surface area (Å²) in [6.07, 6.45) is 0.314. The molecule has 5 heterocycles. The summed E-state index contributed by atoms with van der Waals surface area (Å²) in [4.78, 5) is 62.6. The molecular formula is C100H108BrClN6O13. The number of carbonyl (C=O) groups is 5. The molecule has 19 nitrogen and oxygen atoms in total. The van der Waals surface area contributed by atoms with Gasteiger partial charge in [0.25, 0.3) is 11.7 Å². The second-order valence-electron chi connectivity index (χ2n) is 28.7. The Labute approximate surface area is 722 Å². The number of carbonyl (C=O) groups excluding carboxylic acids is 5. The number of halogens is 2. The Morgan fingerprint density at radius 2 is 0.760 bits per heavy atom. The van der Waals surface area contributed by atoms with Crippen LogP contribution in [-0.2, 0) is 66.2 Å². The first-order valence-electron chi connectivity index (χ1n) is 40.6. The molecule has 1 amide bonds. The zero-order valence-electron chi connectivity index (χ0n) is 70.5. The van der Waals surface area contributed by atoms with Gasteiger partial charge in [0.1, 0.15) is 40.2 Å². The molecule has 5 aromatic heterocycles. The molecule has 0 bridgehead atoms. The van der Waals surface area contributed by atoms with Crippen molar-refractivity contribution in [3.05, 3.63) is 329 Å². The number of aromatic hydroxyl groups is 2. The Kier molecular flexibility index (Phi) is 34.6. The fourth-order valence-electron chi connectivity index (χ4n) is 14.1. The minimum Gasteiger partial charge on any atom is -0.507 e. The fourth-order valence-corrected chi connectivity index (χ4v) is 14.2. The number of aromatic nitrogens is 5. The zero-order valence-corrected chi connectivity index (χ0v) is 72.9. The van der Waals surface area contributed by atoms with Crippen molar-refractivity contribution in [1.82, 2.24) is 23.3 Å². The third-order valence-corrected chi connectivity index (χ3v) is 21.2. The molecule has 5 N–H and O–H groups in total. The SMILES string of the molecule is CCOC(=O)C(Br)CC.CCOC(=O)C(CC)Oc1cccc2c1c(C(=O)C(N)=O)c(C)n2Cc1ccccc1.CCOC(=O)C(CC)Oc1cccc2c1cc(C)n2Cc1ccccc1.Cc1cc2c(O)cccc2[nH]1.Cc1cc2c(O)cccc2n1Cc1ccccc1.Cc1cc2c(OCc3ccccc3)cccc2n1Cc1ccccc1.Cl. The van der Waals surface area contributed by atoms with E-state index in [1.165, 1.54) is 38.9 Å². The van der Waals surface area contributed by atoms with Gasteiger partial charge in [-0.05, 0) is 187 Å². The number of hydrogen-bond donors (Lipinski definition) is 4. The summed E-state index contributed by atoms with van der Waals surface area (Å²) in [6.45, 7) is 25.7. The van der Waals surface area contributed by atoms with E-state index in [9.17, 15) is 34.2 Å². The van der Waals surface area contributed by atoms with E-state index in [0.29, 0.717) is 73.1 Å². The maximum Gasteiger partial charge on any atom is 0.347 e. The number of aryl methyl sites for hydroxylation is 4. The maximum absolute atomic E-state index is 12.8. The number of H-pyrrole nitrogens is 1. The van der Waals surface area contributed by atoms with Gasteiger partial charge in [-0.2, -0.15) is 0 Å². The van der Waals surface area contributed by atoms with Gasteiger partial charge in [0.15, 0.2) is 12.2 Å². The number of esters is 3. The molecule has 630 valence electrons. The number of benzene rings is 10. The van der Waals surface area contributed by atoms with E-state index in [1.807, 2.05) is 160 Å². The predicted octanol–water partition coefficient (Wildman–Crippen LogP) is 21.7. The Bertz CT molecular complexity index is 5880. The second-order valence-corrected chi connectivity index (χ2v) is 29.8. The Balaban J connectivity index is 0.000000171. The monoisotopic (exact) mass is 1710 g/mol. The average molecular weight is 1720 g/mol. The lowest BCUT2D eigenvalue weighted by Crippen LogP contribution is -2.29. The summed E-state index contributed by atoms with van der Waals surface area (Å²) >= 11 is 3.17. The molecule has 0 saturated carbocycles. The second kappa shape index (κ2) is 45.4. The molecule has 0 aliphatic rings. The minimum absolute atomic E-state index is 0.